The van der Waals surface area contributed by atoms with Gasteiger partial charge in [0.25, 0.3) is 0 Å². The van der Waals surface area contributed by atoms with Crippen LogP contribution in [0.3, 0.4) is 0 Å². The second kappa shape index (κ2) is 9.80. The number of hydrogen-bond acceptors (Lipinski definition) is 9. The molecule has 1 aliphatic carbocycles. The Morgan fingerprint density at radius 1 is 1.15 bits per heavy atom. The fourth-order valence-electron chi connectivity index (χ4n) is 5.03. The number of methoxy groups -OCH3 is 1. The average Bonchev–Trinajstić information content (AvgIpc) is 3.54. The third-order valence-corrected chi connectivity index (χ3v) is 7.15. The molecule has 11 nitrogen and oxygen atoms in total. The van der Waals surface area contributed by atoms with Gasteiger partial charge in [0.2, 0.25) is 5.88 Å². The van der Waals surface area contributed by atoms with Gasteiger partial charge in [-0.25, -0.2) is 29.4 Å². The zero-order valence-electron chi connectivity index (χ0n) is 21.9. The van der Waals surface area contributed by atoms with Gasteiger partial charge in [0.1, 0.15) is 17.7 Å². The Morgan fingerprint density at radius 3 is 2.83 bits per heavy atom. The van der Waals surface area contributed by atoms with Gasteiger partial charge in [-0.15, -0.1) is 5.10 Å². The van der Waals surface area contributed by atoms with Gasteiger partial charge in [0.15, 0.2) is 23.0 Å². The van der Waals surface area contributed by atoms with Crippen LogP contribution in [0.25, 0.3) is 28.4 Å². The van der Waals surface area contributed by atoms with Crippen molar-refractivity contribution in [3.8, 4) is 28.7 Å². The van der Waals surface area contributed by atoms with Crippen LogP contribution in [0.1, 0.15) is 41.3 Å². The van der Waals surface area contributed by atoms with E-state index in [0.29, 0.717) is 46.8 Å². The fraction of sp³-hybridized carbons (Fsp3) is 0.333. The van der Waals surface area contributed by atoms with Crippen LogP contribution < -0.4 is 10.1 Å². The first-order chi connectivity index (χ1) is 19.9. The van der Waals surface area contributed by atoms with Crippen molar-refractivity contribution in [1.82, 2.24) is 39.1 Å². The van der Waals surface area contributed by atoms with Crippen LogP contribution in [0.4, 0.5) is 19.0 Å². The minimum atomic E-state index is -4.52. The molecule has 0 spiro atoms. The number of hydrogen-bond donors (Lipinski definition) is 1. The van der Waals surface area contributed by atoms with Crippen molar-refractivity contribution in [2.75, 3.05) is 19.0 Å². The largest absolute Gasteiger partial charge is 0.480 e. The van der Waals surface area contributed by atoms with Crippen LogP contribution in [0, 0.1) is 0 Å². The maximum Gasteiger partial charge on any atom is 0.434 e. The van der Waals surface area contributed by atoms with Gasteiger partial charge < -0.3 is 19.4 Å². The predicted molar refractivity (Wildman–Crippen MR) is 140 cm³/mol. The number of fused-ring (bicyclic) bond motifs is 4. The Hall–Kier alpha value is -4.59. The van der Waals surface area contributed by atoms with E-state index >= 15 is 0 Å². The summed E-state index contributed by atoms with van der Waals surface area (Å²) in [5.74, 6) is 1.91. The van der Waals surface area contributed by atoms with Crippen molar-refractivity contribution in [3.63, 3.8) is 0 Å². The summed E-state index contributed by atoms with van der Waals surface area (Å²) >= 11 is 0. The molecule has 5 aromatic rings. The second-order valence-electron chi connectivity index (χ2n) is 9.94. The molecule has 0 saturated heterocycles. The first-order valence-electron chi connectivity index (χ1n) is 13.1. The van der Waals surface area contributed by atoms with Gasteiger partial charge in [-0.1, -0.05) is 18.2 Å². The Labute approximate surface area is 231 Å². The zero-order valence-corrected chi connectivity index (χ0v) is 21.9. The highest BCUT2D eigenvalue weighted by Crippen LogP contribution is 2.45. The van der Waals surface area contributed by atoms with Crippen LogP contribution in [-0.4, -0.2) is 52.8 Å². The maximum absolute atomic E-state index is 13.4. The molecule has 210 valence electrons. The van der Waals surface area contributed by atoms with E-state index in [2.05, 4.69) is 30.4 Å². The van der Waals surface area contributed by atoms with Crippen LogP contribution in [0.15, 0.2) is 43.1 Å². The minimum absolute atomic E-state index is 0.261. The van der Waals surface area contributed by atoms with Crippen molar-refractivity contribution < 1.29 is 22.6 Å². The zero-order chi connectivity index (χ0) is 28.1. The molecule has 0 bridgehead atoms. The molecule has 7 rings (SSSR count). The maximum atomic E-state index is 13.4. The molecule has 14 heteroatoms. The standard InChI is InChI=1S/C27H24F3N9O2/c1-40-26-20(21(16-3-4-16)33-14-34-26)22-36-23(25-31-6-7-39(25)37-22)32-11-15-2-5-18-17(10-15)13-41-9-8-38-12-19(27(28,29)30)35-24(18)38/h2,5-7,10,12,14,16H,3-4,8-9,11,13H2,1H3,(H,32,36,37). The van der Waals surface area contributed by atoms with E-state index in [4.69, 9.17) is 14.5 Å². The number of benzene rings is 1. The van der Waals surface area contributed by atoms with E-state index in [9.17, 15) is 13.2 Å². The lowest BCUT2D eigenvalue weighted by Gasteiger charge is -2.18. The Kier molecular flexibility index (Phi) is 6.07. The molecule has 41 heavy (non-hydrogen) atoms. The summed E-state index contributed by atoms with van der Waals surface area (Å²) in [7, 11) is 1.55. The molecule has 0 atom stereocenters. The molecular formula is C27H24F3N9O2. The number of anilines is 1. The summed E-state index contributed by atoms with van der Waals surface area (Å²) in [6, 6.07) is 5.54. The van der Waals surface area contributed by atoms with Crippen LogP contribution in [0.2, 0.25) is 0 Å². The van der Waals surface area contributed by atoms with Crippen molar-refractivity contribution >= 4 is 11.5 Å². The number of imidazole rings is 2. The lowest BCUT2D eigenvalue weighted by atomic mass is 10.0. The number of aromatic nitrogens is 8. The summed E-state index contributed by atoms with van der Waals surface area (Å²) in [4.78, 5) is 21.9. The molecule has 5 heterocycles. The van der Waals surface area contributed by atoms with Gasteiger partial charge in [-0.2, -0.15) is 13.2 Å². The highest BCUT2D eigenvalue weighted by atomic mass is 19.4. The molecule has 2 aliphatic rings. The fourth-order valence-corrected chi connectivity index (χ4v) is 5.03. The third kappa shape index (κ3) is 4.73. The lowest BCUT2D eigenvalue weighted by Crippen LogP contribution is -2.12. The number of halogens is 3. The normalized spacial score (nSPS) is 15.2. The minimum Gasteiger partial charge on any atom is -0.480 e. The molecule has 0 amide bonds. The lowest BCUT2D eigenvalue weighted by molar-refractivity contribution is -0.140. The average molecular weight is 564 g/mol. The summed E-state index contributed by atoms with van der Waals surface area (Å²) < 4.78 is 54.5. The SMILES string of the molecule is COc1ncnc(C2CC2)c1-c1nc(NCc2ccc3c(c2)COCCn2cc(C(F)(F)F)nc2-3)c2nccn2n1. The smallest absolute Gasteiger partial charge is 0.434 e. The van der Waals surface area contributed by atoms with Gasteiger partial charge >= 0.3 is 6.18 Å². The highest BCUT2D eigenvalue weighted by molar-refractivity contribution is 5.71. The quantitative estimate of drug-likeness (QED) is 0.319. The summed E-state index contributed by atoms with van der Waals surface area (Å²) in [5, 5.41) is 8.01. The molecule has 1 aliphatic heterocycles. The molecule has 1 N–H and O–H groups in total. The van der Waals surface area contributed by atoms with Crippen molar-refractivity contribution in [3.05, 3.63) is 65.6 Å². The van der Waals surface area contributed by atoms with Crippen molar-refractivity contribution in [2.45, 2.75) is 44.6 Å². The molecule has 4 aromatic heterocycles. The van der Waals surface area contributed by atoms with E-state index in [1.54, 1.807) is 30.1 Å². The van der Waals surface area contributed by atoms with Gasteiger partial charge in [0.05, 0.1) is 26.0 Å². The van der Waals surface area contributed by atoms with Crippen LogP contribution in [0.5, 0.6) is 5.88 Å². The number of rotatable bonds is 6. The highest BCUT2D eigenvalue weighted by Gasteiger charge is 2.35. The van der Waals surface area contributed by atoms with Gasteiger partial charge in [0, 0.05) is 43.2 Å². The monoisotopic (exact) mass is 563 g/mol. The first kappa shape index (κ1) is 25.4. The summed E-state index contributed by atoms with van der Waals surface area (Å²) in [6.07, 6.45) is 3.44. The molecular weight excluding hydrogens is 539 g/mol. The van der Waals surface area contributed by atoms with Crippen molar-refractivity contribution in [1.29, 1.82) is 0 Å². The van der Waals surface area contributed by atoms with Gasteiger partial charge in [-0.05, 0) is 24.0 Å². The molecule has 1 aromatic carbocycles. The Bertz CT molecular complexity index is 1760. The number of nitrogens with zero attached hydrogens (tertiary/aromatic N) is 8. The van der Waals surface area contributed by atoms with Crippen LogP contribution in [-0.2, 0) is 30.6 Å². The number of nitrogens with one attached hydrogen (secondary N) is 1. The van der Waals surface area contributed by atoms with E-state index in [1.807, 2.05) is 12.1 Å². The van der Waals surface area contributed by atoms with E-state index in [0.717, 1.165) is 35.9 Å². The third-order valence-electron chi connectivity index (χ3n) is 7.15. The summed E-state index contributed by atoms with van der Waals surface area (Å²) in [5.41, 5.74) is 3.37. The first-order valence-corrected chi connectivity index (χ1v) is 13.1. The topological polar surface area (TPSA) is 117 Å². The molecule has 0 radical (unpaired) electrons. The van der Waals surface area contributed by atoms with Crippen molar-refractivity contribution in [2.24, 2.45) is 0 Å². The Morgan fingerprint density at radius 2 is 2.02 bits per heavy atom. The Balaban J connectivity index is 1.22. The summed E-state index contributed by atoms with van der Waals surface area (Å²) in [6.45, 7) is 1.20. The molecule has 0 unspecified atom stereocenters. The van der Waals surface area contributed by atoms with Gasteiger partial charge in [-0.3, -0.25) is 0 Å². The molecule has 1 saturated carbocycles. The molecule has 1 fully saturated rings. The number of alkyl halides is 3. The van der Waals surface area contributed by atoms with E-state index < -0.39 is 11.9 Å². The second-order valence-corrected chi connectivity index (χ2v) is 9.94. The predicted octanol–water partition coefficient (Wildman–Crippen LogP) is 4.49. The number of ether oxygens (including phenoxy) is 2. The van der Waals surface area contributed by atoms with E-state index in [-0.39, 0.29) is 25.6 Å². The van der Waals surface area contributed by atoms with E-state index in [1.165, 1.54) is 10.9 Å². The van der Waals surface area contributed by atoms with Crippen LogP contribution >= 0.6 is 0 Å².